The highest BCUT2D eigenvalue weighted by molar-refractivity contribution is 6.04. The zero-order valence-corrected chi connectivity index (χ0v) is 23.6. The highest BCUT2D eigenvalue weighted by Crippen LogP contribution is 2.31. The van der Waals surface area contributed by atoms with Crippen LogP contribution in [0, 0.1) is 13.8 Å². The molecule has 1 aliphatic heterocycles. The van der Waals surface area contributed by atoms with Crippen molar-refractivity contribution in [2.75, 3.05) is 66.8 Å². The van der Waals surface area contributed by atoms with Crippen LogP contribution in [-0.2, 0) is 0 Å². The molecule has 0 radical (unpaired) electrons. The van der Waals surface area contributed by atoms with Crippen molar-refractivity contribution in [1.82, 2.24) is 4.90 Å². The number of rotatable bonds is 8. The number of aryl methyl sites for hydroxylation is 2. The molecular weight excluding hydrogens is 490 g/mol. The van der Waals surface area contributed by atoms with Crippen molar-refractivity contribution < 1.29 is 14.3 Å². The second-order valence-electron chi connectivity index (χ2n) is 9.75. The molecule has 0 aromatic heterocycles. The third-order valence-corrected chi connectivity index (χ3v) is 7.21. The lowest BCUT2D eigenvalue weighted by molar-refractivity contribution is 0.0773. The molecule has 1 aliphatic rings. The van der Waals surface area contributed by atoms with E-state index < -0.39 is 0 Å². The van der Waals surface area contributed by atoms with Crippen LogP contribution in [0.3, 0.4) is 0 Å². The molecule has 0 bridgehead atoms. The Bertz CT molecular complexity index is 1310. The Morgan fingerprint density at radius 2 is 1.51 bits per heavy atom. The van der Waals surface area contributed by atoms with Crippen molar-refractivity contribution in [2.45, 2.75) is 27.7 Å². The lowest BCUT2D eigenvalue weighted by Gasteiger charge is -2.38. The quantitative estimate of drug-likeness (QED) is 0.388. The van der Waals surface area contributed by atoms with Crippen LogP contribution in [-0.4, -0.2) is 63.2 Å². The SMILES string of the molecule is CCN(CC)C(=O)c1cc(NC(=O)Nc2ccc(C)cc2C)ccc1N1CCN(c2ccccc2OC)CC1. The van der Waals surface area contributed by atoms with Gasteiger partial charge in [0.1, 0.15) is 5.75 Å². The van der Waals surface area contributed by atoms with E-state index in [-0.39, 0.29) is 11.9 Å². The molecule has 3 aromatic carbocycles. The van der Waals surface area contributed by atoms with E-state index in [2.05, 4.69) is 26.5 Å². The van der Waals surface area contributed by atoms with Gasteiger partial charge in [0.05, 0.1) is 18.4 Å². The molecule has 2 N–H and O–H groups in total. The van der Waals surface area contributed by atoms with Gasteiger partial charge in [-0.1, -0.05) is 29.8 Å². The van der Waals surface area contributed by atoms with Gasteiger partial charge in [-0.25, -0.2) is 4.79 Å². The fraction of sp³-hybridized carbons (Fsp3) is 0.355. The molecule has 206 valence electrons. The number of amides is 3. The number of piperazine rings is 1. The number of para-hydroxylation sites is 2. The van der Waals surface area contributed by atoms with Crippen LogP contribution < -0.4 is 25.2 Å². The summed E-state index contributed by atoms with van der Waals surface area (Å²) in [5.41, 5.74) is 6.00. The highest BCUT2D eigenvalue weighted by Gasteiger charge is 2.25. The number of methoxy groups -OCH3 is 1. The second-order valence-corrected chi connectivity index (χ2v) is 9.75. The van der Waals surface area contributed by atoms with E-state index in [0.29, 0.717) is 24.3 Å². The monoisotopic (exact) mass is 529 g/mol. The van der Waals surface area contributed by atoms with Crippen molar-refractivity contribution in [1.29, 1.82) is 0 Å². The van der Waals surface area contributed by atoms with Crippen LogP contribution in [0.1, 0.15) is 35.3 Å². The maximum absolute atomic E-state index is 13.6. The van der Waals surface area contributed by atoms with E-state index in [1.165, 1.54) is 0 Å². The summed E-state index contributed by atoms with van der Waals surface area (Å²) in [5.74, 6) is 0.818. The van der Waals surface area contributed by atoms with Gasteiger partial charge in [-0.05, 0) is 69.7 Å². The Morgan fingerprint density at radius 3 is 2.15 bits per heavy atom. The van der Waals surface area contributed by atoms with Gasteiger partial charge in [0.2, 0.25) is 0 Å². The standard InChI is InChI=1S/C31H39N5O3/c1-6-34(7-2)30(37)25-21-24(32-31(38)33-26-14-12-22(3)20-23(26)4)13-15-27(25)35-16-18-36(19-17-35)28-10-8-9-11-29(28)39-5/h8-15,20-21H,6-7,16-19H2,1-5H3,(H2,32,33,38). The van der Waals surface area contributed by atoms with Gasteiger partial charge in [-0.3, -0.25) is 4.79 Å². The van der Waals surface area contributed by atoms with Crippen molar-refractivity contribution in [2.24, 2.45) is 0 Å². The predicted molar refractivity (Wildman–Crippen MR) is 160 cm³/mol. The predicted octanol–water partition coefficient (Wildman–Crippen LogP) is 5.76. The topological polar surface area (TPSA) is 77.2 Å². The number of nitrogens with one attached hydrogen (secondary N) is 2. The second kappa shape index (κ2) is 12.6. The van der Waals surface area contributed by atoms with Gasteiger partial charge < -0.3 is 30.1 Å². The number of nitrogens with zero attached hydrogens (tertiary/aromatic N) is 3. The summed E-state index contributed by atoms with van der Waals surface area (Å²) < 4.78 is 5.56. The third kappa shape index (κ3) is 6.45. The first-order valence-electron chi connectivity index (χ1n) is 13.6. The summed E-state index contributed by atoms with van der Waals surface area (Å²) in [6, 6.07) is 19.2. The molecule has 1 heterocycles. The highest BCUT2D eigenvalue weighted by atomic mass is 16.5. The van der Waals surface area contributed by atoms with Gasteiger partial charge >= 0.3 is 6.03 Å². The van der Waals surface area contributed by atoms with Gasteiger partial charge in [0.25, 0.3) is 5.91 Å². The molecule has 1 fully saturated rings. The van der Waals surface area contributed by atoms with Crippen molar-refractivity contribution in [3.8, 4) is 5.75 Å². The molecule has 1 saturated heterocycles. The molecule has 3 aromatic rings. The van der Waals surface area contributed by atoms with Gasteiger partial charge in [-0.2, -0.15) is 0 Å². The average molecular weight is 530 g/mol. The molecule has 0 atom stereocenters. The normalized spacial score (nSPS) is 13.2. The zero-order valence-electron chi connectivity index (χ0n) is 23.6. The Morgan fingerprint density at radius 1 is 0.846 bits per heavy atom. The Kier molecular flexibility index (Phi) is 8.96. The van der Waals surface area contributed by atoms with E-state index in [0.717, 1.165) is 60.1 Å². The van der Waals surface area contributed by atoms with E-state index in [9.17, 15) is 9.59 Å². The molecular formula is C31H39N5O3. The summed E-state index contributed by atoms with van der Waals surface area (Å²) >= 11 is 0. The van der Waals surface area contributed by atoms with Crippen LogP contribution in [0.15, 0.2) is 60.7 Å². The Labute approximate surface area is 231 Å². The van der Waals surface area contributed by atoms with Gasteiger partial charge in [0, 0.05) is 56.3 Å². The number of hydrogen-bond donors (Lipinski definition) is 2. The lowest BCUT2D eigenvalue weighted by atomic mass is 10.1. The first-order chi connectivity index (χ1) is 18.8. The first-order valence-corrected chi connectivity index (χ1v) is 13.6. The van der Waals surface area contributed by atoms with Crippen LogP contribution in [0.25, 0.3) is 0 Å². The summed E-state index contributed by atoms with van der Waals surface area (Å²) in [7, 11) is 1.69. The lowest BCUT2D eigenvalue weighted by Crippen LogP contribution is -2.47. The Hall–Kier alpha value is -4.20. The number of anilines is 4. The molecule has 8 heteroatoms. The third-order valence-electron chi connectivity index (χ3n) is 7.21. The largest absolute Gasteiger partial charge is 0.495 e. The number of carbonyl (C=O) groups is 2. The van der Waals surface area contributed by atoms with Crippen LogP contribution in [0.5, 0.6) is 5.75 Å². The number of hydrogen-bond acceptors (Lipinski definition) is 5. The van der Waals surface area contributed by atoms with Gasteiger partial charge in [-0.15, -0.1) is 0 Å². The fourth-order valence-electron chi connectivity index (χ4n) is 5.06. The van der Waals surface area contributed by atoms with E-state index in [1.807, 2.05) is 81.1 Å². The molecule has 0 unspecified atom stereocenters. The minimum absolute atomic E-state index is 0.0411. The maximum atomic E-state index is 13.6. The smallest absolute Gasteiger partial charge is 0.323 e. The first kappa shape index (κ1) is 27.8. The van der Waals surface area contributed by atoms with Gasteiger partial charge in [0.15, 0.2) is 0 Å². The summed E-state index contributed by atoms with van der Waals surface area (Å²) in [4.78, 5) is 32.8. The Balaban J connectivity index is 1.54. The molecule has 8 nitrogen and oxygen atoms in total. The number of ether oxygens (including phenoxy) is 1. The minimum atomic E-state index is -0.346. The summed E-state index contributed by atoms with van der Waals surface area (Å²) in [6.07, 6.45) is 0. The van der Waals surface area contributed by atoms with E-state index in [4.69, 9.17) is 4.74 Å². The van der Waals surface area contributed by atoms with E-state index in [1.54, 1.807) is 13.2 Å². The van der Waals surface area contributed by atoms with Crippen LogP contribution in [0.2, 0.25) is 0 Å². The number of carbonyl (C=O) groups excluding carboxylic acids is 2. The average Bonchev–Trinajstić information content (AvgIpc) is 2.95. The summed E-state index contributed by atoms with van der Waals surface area (Å²) in [5, 5.41) is 5.83. The maximum Gasteiger partial charge on any atom is 0.323 e. The number of benzene rings is 3. The molecule has 0 spiro atoms. The molecule has 0 aliphatic carbocycles. The van der Waals surface area contributed by atoms with Crippen molar-refractivity contribution >= 4 is 34.7 Å². The molecule has 39 heavy (non-hydrogen) atoms. The number of urea groups is 1. The fourth-order valence-corrected chi connectivity index (χ4v) is 5.06. The van der Waals surface area contributed by atoms with Crippen LogP contribution in [0.4, 0.5) is 27.5 Å². The van der Waals surface area contributed by atoms with E-state index >= 15 is 0 Å². The molecule has 3 amide bonds. The molecule has 0 saturated carbocycles. The van der Waals surface area contributed by atoms with Crippen molar-refractivity contribution in [3.05, 3.63) is 77.4 Å². The zero-order chi connectivity index (χ0) is 27.9. The van der Waals surface area contributed by atoms with Crippen molar-refractivity contribution in [3.63, 3.8) is 0 Å². The minimum Gasteiger partial charge on any atom is -0.495 e. The molecule has 4 rings (SSSR count). The van der Waals surface area contributed by atoms with Crippen LogP contribution >= 0.6 is 0 Å². The summed E-state index contributed by atoms with van der Waals surface area (Å²) in [6.45, 7) is 12.3.